The lowest BCUT2D eigenvalue weighted by Gasteiger charge is -2.10. The van der Waals surface area contributed by atoms with Gasteiger partial charge >= 0.3 is 5.97 Å². The molecule has 0 saturated heterocycles. The summed E-state index contributed by atoms with van der Waals surface area (Å²) in [5.41, 5.74) is 5.99. The van der Waals surface area contributed by atoms with Crippen molar-refractivity contribution in [2.75, 3.05) is 0 Å². The molecule has 19 heavy (non-hydrogen) atoms. The van der Waals surface area contributed by atoms with Crippen LogP contribution in [-0.2, 0) is 11.2 Å². The molecule has 0 fully saturated rings. The van der Waals surface area contributed by atoms with Crippen LogP contribution in [-0.4, -0.2) is 11.1 Å². The van der Waals surface area contributed by atoms with E-state index in [0.29, 0.717) is 6.42 Å². The Morgan fingerprint density at radius 1 is 1.11 bits per heavy atom. The van der Waals surface area contributed by atoms with Gasteiger partial charge in [0, 0.05) is 6.42 Å². The van der Waals surface area contributed by atoms with E-state index in [4.69, 9.17) is 5.11 Å². The molecule has 0 unspecified atom stereocenters. The first-order valence-corrected chi connectivity index (χ1v) is 6.45. The number of carbonyl (C=O) groups is 1. The van der Waals surface area contributed by atoms with E-state index in [2.05, 4.69) is 44.2 Å². The highest BCUT2D eigenvalue weighted by atomic mass is 16.4. The number of aryl methyl sites for hydroxylation is 2. The van der Waals surface area contributed by atoms with Gasteiger partial charge in [-0.2, -0.15) is 0 Å². The van der Waals surface area contributed by atoms with E-state index in [9.17, 15) is 4.79 Å². The highest BCUT2D eigenvalue weighted by Gasteiger charge is 2.05. The van der Waals surface area contributed by atoms with Crippen molar-refractivity contribution >= 4 is 5.97 Å². The van der Waals surface area contributed by atoms with Gasteiger partial charge < -0.3 is 5.11 Å². The largest absolute Gasteiger partial charge is 0.481 e. The number of hydrogen-bond donors (Lipinski definition) is 1. The minimum atomic E-state index is -0.753. The molecule has 0 aromatic heterocycles. The quantitative estimate of drug-likeness (QED) is 0.895. The maximum absolute atomic E-state index is 10.6. The van der Waals surface area contributed by atoms with E-state index in [1.807, 2.05) is 12.1 Å². The maximum atomic E-state index is 10.6. The summed E-state index contributed by atoms with van der Waals surface area (Å²) in [5.74, 6) is -0.753. The average molecular weight is 254 g/mol. The third kappa shape index (κ3) is 3.22. The number of carboxylic acid groups (broad SMARTS) is 1. The zero-order valence-corrected chi connectivity index (χ0v) is 11.3. The number of carboxylic acids is 1. The van der Waals surface area contributed by atoms with Crippen molar-refractivity contribution in [3.63, 3.8) is 0 Å². The molecule has 1 N–H and O–H groups in total. The first-order chi connectivity index (χ1) is 9.08. The fourth-order valence-electron chi connectivity index (χ4n) is 2.21. The summed E-state index contributed by atoms with van der Waals surface area (Å²) in [5, 5.41) is 8.74. The van der Waals surface area contributed by atoms with E-state index in [1.165, 1.54) is 16.7 Å². The zero-order valence-electron chi connectivity index (χ0n) is 11.3. The third-order valence-electron chi connectivity index (χ3n) is 3.47. The molecule has 0 amide bonds. The minimum Gasteiger partial charge on any atom is -0.481 e. The van der Waals surface area contributed by atoms with Gasteiger partial charge in [-0.3, -0.25) is 4.79 Å². The number of benzene rings is 2. The van der Waals surface area contributed by atoms with Crippen LogP contribution in [0.15, 0.2) is 42.5 Å². The van der Waals surface area contributed by atoms with Crippen LogP contribution >= 0.6 is 0 Å². The van der Waals surface area contributed by atoms with Gasteiger partial charge in [-0.15, -0.1) is 0 Å². The molecule has 2 aromatic rings. The molecule has 2 aromatic carbocycles. The van der Waals surface area contributed by atoms with Crippen LogP contribution in [0.25, 0.3) is 11.1 Å². The topological polar surface area (TPSA) is 37.3 Å². The zero-order chi connectivity index (χ0) is 13.8. The molecular weight excluding hydrogens is 236 g/mol. The standard InChI is InChI=1S/C17H18O2/c1-12-5-3-8-16(13(12)2)15-7-4-6-14(11-15)9-10-17(18)19/h3-8,11H,9-10H2,1-2H3,(H,18,19). The molecule has 0 heterocycles. The summed E-state index contributed by atoms with van der Waals surface area (Å²) in [4.78, 5) is 10.6. The summed E-state index contributed by atoms with van der Waals surface area (Å²) >= 11 is 0. The van der Waals surface area contributed by atoms with Crippen LogP contribution in [0.1, 0.15) is 23.1 Å². The van der Waals surface area contributed by atoms with Crippen LogP contribution in [0.4, 0.5) is 0 Å². The Balaban J connectivity index is 2.32. The Hall–Kier alpha value is -2.09. The van der Waals surface area contributed by atoms with E-state index in [-0.39, 0.29) is 6.42 Å². The highest BCUT2D eigenvalue weighted by Crippen LogP contribution is 2.26. The summed E-state index contributed by atoms with van der Waals surface area (Å²) in [6.45, 7) is 4.22. The molecule has 0 bridgehead atoms. The molecular formula is C17H18O2. The second-order valence-corrected chi connectivity index (χ2v) is 4.84. The van der Waals surface area contributed by atoms with Gasteiger partial charge in [-0.25, -0.2) is 0 Å². The number of hydrogen-bond acceptors (Lipinski definition) is 1. The minimum absolute atomic E-state index is 0.177. The SMILES string of the molecule is Cc1cccc(-c2cccc(CCC(=O)O)c2)c1C. The average Bonchev–Trinajstić information content (AvgIpc) is 2.40. The number of rotatable bonds is 4. The lowest BCUT2D eigenvalue weighted by molar-refractivity contribution is -0.136. The van der Waals surface area contributed by atoms with E-state index < -0.39 is 5.97 Å². The third-order valence-corrected chi connectivity index (χ3v) is 3.47. The van der Waals surface area contributed by atoms with Crippen molar-refractivity contribution in [3.05, 3.63) is 59.2 Å². The van der Waals surface area contributed by atoms with Gasteiger partial charge in [0.05, 0.1) is 0 Å². The molecule has 0 radical (unpaired) electrons. The smallest absolute Gasteiger partial charge is 0.303 e. The van der Waals surface area contributed by atoms with Gasteiger partial charge in [0.25, 0.3) is 0 Å². The van der Waals surface area contributed by atoms with E-state index in [0.717, 1.165) is 11.1 Å². The Morgan fingerprint density at radius 2 is 1.84 bits per heavy atom. The lowest BCUT2D eigenvalue weighted by atomic mass is 9.95. The summed E-state index contributed by atoms with van der Waals surface area (Å²) < 4.78 is 0. The van der Waals surface area contributed by atoms with Crippen molar-refractivity contribution < 1.29 is 9.90 Å². The summed E-state index contributed by atoms with van der Waals surface area (Å²) in [7, 11) is 0. The second-order valence-electron chi connectivity index (χ2n) is 4.84. The van der Waals surface area contributed by atoms with Crippen LogP contribution in [0.3, 0.4) is 0 Å². The van der Waals surface area contributed by atoms with Crippen molar-refractivity contribution in [2.24, 2.45) is 0 Å². The molecule has 0 aliphatic rings. The van der Waals surface area contributed by atoms with Crippen LogP contribution in [0.5, 0.6) is 0 Å². The van der Waals surface area contributed by atoms with Crippen molar-refractivity contribution in [3.8, 4) is 11.1 Å². The fourth-order valence-corrected chi connectivity index (χ4v) is 2.21. The van der Waals surface area contributed by atoms with Crippen molar-refractivity contribution in [1.82, 2.24) is 0 Å². The molecule has 0 aliphatic heterocycles. The summed E-state index contributed by atoms with van der Waals surface area (Å²) in [6.07, 6.45) is 0.754. The summed E-state index contributed by atoms with van der Waals surface area (Å²) in [6, 6.07) is 14.4. The Morgan fingerprint density at radius 3 is 2.58 bits per heavy atom. The highest BCUT2D eigenvalue weighted by molar-refractivity contribution is 5.70. The second kappa shape index (κ2) is 5.70. The van der Waals surface area contributed by atoms with Crippen LogP contribution < -0.4 is 0 Å². The lowest BCUT2D eigenvalue weighted by Crippen LogP contribution is -1.97. The van der Waals surface area contributed by atoms with Gasteiger partial charge in [-0.05, 0) is 48.1 Å². The van der Waals surface area contributed by atoms with Gasteiger partial charge in [-0.1, -0.05) is 42.5 Å². The fraction of sp³-hybridized carbons (Fsp3) is 0.235. The molecule has 2 rings (SSSR count). The molecule has 0 aliphatic carbocycles. The van der Waals surface area contributed by atoms with Gasteiger partial charge in [0.1, 0.15) is 0 Å². The normalized spacial score (nSPS) is 10.4. The molecule has 0 saturated carbocycles. The predicted octanol–water partition coefficient (Wildman–Crippen LogP) is 3.99. The first kappa shape index (κ1) is 13.3. The monoisotopic (exact) mass is 254 g/mol. The van der Waals surface area contributed by atoms with Crippen LogP contribution in [0.2, 0.25) is 0 Å². The van der Waals surface area contributed by atoms with Gasteiger partial charge in [0.2, 0.25) is 0 Å². The van der Waals surface area contributed by atoms with Crippen LogP contribution in [0, 0.1) is 13.8 Å². The van der Waals surface area contributed by atoms with E-state index >= 15 is 0 Å². The van der Waals surface area contributed by atoms with Crippen molar-refractivity contribution in [2.45, 2.75) is 26.7 Å². The molecule has 2 heteroatoms. The number of aliphatic carboxylic acids is 1. The van der Waals surface area contributed by atoms with Gasteiger partial charge in [0.15, 0.2) is 0 Å². The molecule has 98 valence electrons. The molecule has 0 atom stereocenters. The maximum Gasteiger partial charge on any atom is 0.303 e. The molecule has 2 nitrogen and oxygen atoms in total. The first-order valence-electron chi connectivity index (χ1n) is 6.45. The molecule has 0 spiro atoms. The Bertz CT molecular complexity index is 600. The Labute approximate surface area is 113 Å². The van der Waals surface area contributed by atoms with E-state index in [1.54, 1.807) is 0 Å². The predicted molar refractivity (Wildman–Crippen MR) is 77.3 cm³/mol. The van der Waals surface area contributed by atoms with Crippen molar-refractivity contribution in [1.29, 1.82) is 0 Å². The Kier molecular flexibility index (Phi) is 4.00.